The van der Waals surface area contributed by atoms with Crippen molar-refractivity contribution in [1.29, 1.82) is 0 Å². The number of rotatable bonds is 3. The first-order chi connectivity index (χ1) is 9.55. The zero-order valence-electron chi connectivity index (χ0n) is 15.0. The van der Waals surface area contributed by atoms with Crippen LogP contribution in [0.5, 0.6) is 0 Å². The van der Waals surface area contributed by atoms with Crippen LogP contribution < -0.4 is 0 Å². The molecule has 6 nitrogen and oxygen atoms in total. The maximum absolute atomic E-state index is 12.0. The number of carbonyl (C=O) groups excluding carboxylic acids is 3. The minimum atomic E-state index is -4.19. The Hall–Kier alpha value is -0.668. The molecule has 0 aliphatic rings. The van der Waals surface area contributed by atoms with E-state index in [1.165, 1.54) is 0 Å². The van der Waals surface area contributed by atoms with Gasteiger partial charge in [0, 0.05) is 0 Å². The monoisotopic (exact) mass is 508 g/mol. The SMILES string of the molecule is CC(C)(C)C(=O)[O][Tl]([O]C(=O)C(C)(C)C)[O]C(=O)C(C)(C)C. The second-order valence-corrected chi connectivity index (χ2v) is 13.2. The number of hydrogen-bond donors (Lipinski definition) is 0. The average Bonchev–Trinajstić information content (AvgIpc) is 2.24. The Kier molecular flexibility index (Phi) is 7.05. The van der Waals surface area contributed by atoms with Gasteiger partial charge in [0.2, 0.25) is 0 Å². The molecule has 7 heteroatoms. The fourth-order valence-electron chi connectivity index (χ4n) is 0.865. The van der Waals surface area contributed by atoms with E-state index in [0.717, 1.165) is 0 Å². The molecule has 0 aliphatic carbocycles. The standard InChI is InChI=1S/3C5H10O2.Tl/c3*1-5(2,3)4(6)7;/h3*1-3H3,(H,6,7);/q;;;+3/p-3. The van der Waals surface area contributed by atoms with Gasteiger partial charge >= 0.3 is 143 Å². The molecular formula is C15H27O6Tl. The van der Waals surface area contributed by atoms with Crippen LogP contribution in [0.1, 0.15) is 62.3 Å². The van der Waals surface area contributed by atoms with Crippen LogP contribution in [0.25, 0.3) is 0 Å². The van der Waals surface area contributed by atoms with E-state index >= 15 is 0 Å². The van der Waals surface area contributed by atoms with Crippen molar-refractivity contribution >= 4 is 42.0 Å². The maximum atomic E-state index is 12.0. The molecule has 0 aromatic carbocycles. The molecule has 0 N–H and O–H groups in total. The first-order valence-electron chi connectivity index (χ1n) is 7.18. The van der Waals surface area contributed by atoms with Crippen molar-refractivity contribution in [2.24, 2.45) is 16.2 Å². The van der Waals surface area contributed by atoms with Crippen molar-refractivity contribution in [3.8, 4) is 0 Å². The third-order valence-electron chi connectivity index (χ3n) is 2.45. The van der Waals surface area contributed by atoms with Crippen LogP contribution in [0.15, 0.2) is 0 Å². The van der Waals surface area contributed by atoms with E-state index in [1.807, 2.05) is 0 Å². The van der Waals surface area contributed by atoms with E-state index in [9.17, 15) is 14.4 Å². The minimum absolute atomic E-state index is 0.539. The Balaban J connectivity index is 5.12. The summed E-state index contributed by atoms with van der Waals surface area (Å²) in [6.07, 6.45) is 0. The molecule has 0 saturated carbocycles. The van der Waals surface area contributed by atoms with E-state index in [2.05, 4.69) is 0 Å². The van der Waals surface area contributed by atoms with Gasteiger partial charge in [0.05, 0.1) is 0 Å². The van der Waals surface area contributed by atoms with Crippen molar-refractivity contribution in [1.82, 2.24) is 0 Å². The van der Waals surface area contributed by atoms with Gasteiger partial charge in [-0.3, -0.25) is 0 Å². The van der Waals surface area contributed by atoms with E-state index in [0.29, 0.717) is 0 Å². The summed E-state index contributed by atoms with van der Waals surface area (Å²) in [5.41, 5.74) is -2.29. The molecule has 0 fully saturated rings. The second-order valence-electron chi connectivity index (χ2n) is 8.25. The Bertz CT molecular complexity index is 370. The van der Waals surface area contributed by atoms with Crippen molar-refractivity contribution in [2.75, 3.05) is 0 Å². The Morgan fingerprint density at radius 1 is 0.545 bits per heavy atom. The molecule has 0 aromatic heterocycles. The van der Waals surface area contributed by atoms with E-state index in [1.54, 1.807) is 62.3 Å². The molecule has 0 saturated heterocycles. The molecule has 0 aromatic rings. The molecule has 126 valence electrons. The zero-order valence-corrected chi connectivity index (χ0v) is 19.5. The normalized spacial score (nSPS) is 12.4. The van der Waals surface area contributed by atoms with Crippen LogP contribution in [0.3, 0.4) is 0 Å². The van der Waals surface area contributed by atoms with E-state index < -0.39 is 58.2 Å². The summed E-state index contributed by atoms with van der Waals surface area (Å²) in [5, 5.41) is 0. The Morgan fingerprint density at radius 2 is 0.727 bits per heavy atom. The predicted molar refractivity (Wildman–Crippen MR) is 82.4 cm³/mol. The van der Waals surface area contributed by atoms with Gasteiger partial charge in [0.15, 0.2) is 0 Å². The quantitative estimate of drug-likeness (QED) is 0.547. The van der Waals surface area contributed by atoms with Gasteiger partial charge < -0.3 is 0 Å². The Labute approximate surface area is 143 Å². The first-order valence-corrected chi connectivity index (χ1v) is 12.7. The van der Waals surface area contributed by atoms with Gasteiger partial charge in [0.1, 0.15) is 0 Å². The van der Waals surface area contributed by atoms with E-state index in [-0.39, 0.29) is 0 Å². The summed E-state index contributed by atoms with van der Waals surface area (Å²) < 4.78 is 15.7. The van der Waals surface area contributed by atoms with Gasteiger partial charge in [-0.1, -0.05) is 0 Å². The third-order valence-corrected chi connectivity index (χ3v) is 7.19. The molecule has 0 spiro atoms. The van der Waals surface area contributed by atoms with Crippen LogP contribution in [-0.2, 0) is 22.4 Å². The summed E-state index contributed by atoms with van der Waals surface area (Å²) in [6, 6.07) is 0. The van der Waals surface area contributed by atoms with Crippen LogP contribution in [-0.4, -0.2) is 42.0 Å². The number of carbonyl (C=O) groups is 3. The average molecular weight is 508 g/mol. The van der Waals surface area contributed by atoms with Crippen LogP contribution in [0.4, 0.5) is 0 Å². The summed E-state index contributed by atoms with van der Waals surface area (Å²) in [5.74, 6) is -1.62. The van der Waals surface area contributed by atoms with E-state index in [4.69, 9.17) is 8.06 Å². The summed E-state index contributed by atoms with van der Waals surface area (Å²) in [7, 11) is 0. The molecule has 0 heterocycles. The van der Waals surface area contributed by atoms with Gasteiger partial charge in [-0.25, -0.2) is 0 Å². The van der Waals surface area contributed by atoms with Crippen LogP contribution in [0.2, 0.25) is 0 Å². The van der Waals surface area contributed by atoms with Crippen molar-refractivity contribution in [3.63, 3.8) is 0 Å². The van der Waals surface area contributed by atoms with Gasteiger partial charge in [-0.2, -0.15) is 0 Å². The fourth-order valence-corrected chi connectivity index (χ4v) is 7.59. The number of hydrogen-bond acceptors (Lipinski definition) is 6. The second kappa shape index (κ2) is 7.27. The van der Waals surface area contributed by atoms with Gasteiger partial charge in [0.25, 0.3) is 0 Å². The zero-order chi connectivity index (χ0) is 17.9. The third kappa shape index (κ3) is 7.55. The molecular weight excluding hydrogens is 481 g/mol. The molecule has 0 radical (unpaired) electrons. The van der Waals surface area contributed by atoms with Gasteiger partial charge in [-0.05, 0) is 0 Å². The molecule has 0 rings (SSSR count). The molecule has 22 heavy (non-hydrogen) atoms. The van der Waals surface area contributed by atoms with Crippen molar-refractivity contribution in [3.05, 3.63) is 0 Å². The van der Waals surface area contributed by atoms with Crippen molar-refractivity contribution < 1.29 is 22.4 Å². The summed E-state index contributed by atoms with van der Waals surface area (Å²) >= 11 is -4.19. The molecule has 0 atom stereocenters. The molecule has 0 unspecified atom stereocenters. The first kappa shape index (κ1) is 21.3. The molecule has 0 amide bonds. The molecule has 0 aliphatic heterocycles. The predicted octanol–water partition coefficient (Wildman–Crippen LogP) is 2.74. The topological polar surface area (TPSA) is 78.9 Å². The Morgan fingerprint density at radius 3 is 0.864 bits per heavy atom. The van der Waals surface area contributed by atoms with Crippen molar-refractivity contribution in [2.45, 2.75) is 62.3 Å². The van der Waals surface area contributed by atoms with Crippen LogP contribution >= 0.6 is 0 Å². The summed E-state index contributed by atoms with van der Waals surface area (Å²) in [6.45, 7) is 15.1. The van der Waals surface area contributed by atoms with Gasteiger partial charge in [-0.15, -0.1) is 0 Å². The fraction of sp³-hybridized carbons (Fsp3) is 0.800. The summed E-state index contributed by atoms with van der Waals surface area (Å²) in [4.78, 5) is 36.0. The van der Waals surface area contributed by atoms with Crippen LogP contribution in [0, 0.1) is 16.2 Å². The molecule has 0 bridgehead atoms.